The molecule has 0 spiro atoms. The standard InChI is InChI=1S/C16H20F3N7/c1-9(11-8-25(15(3,4)5)23-10(11)2)20-12-6-7-13-21-22-14(16(17,18)19)26(13)24-12/h6-9H,1-5H3,(H,20,24). The second-order valence-corrected chi connectivity index (χ2v) is 7.16. The van der Waals surface area contributed by atoms with Gasteiger partial charge in [-0.1, -0.05) is 0 Å². The summed E-state index contributed by atoms with van der Waals surface area (Å²) < 4.78 is 41.5. The lowest BCUT2D eigenvalue weighted by Crippen LogP contribution is -2.22. The zero-order valence-electron chi connectivity index (χ0n) is 15.1. The van der Waals surface area contributed by atoms with Crippen LogP contribution in [0.1, 0.15) is 50.8 Å². The van der Waals surface area contributed by atoms with Gasteiger partial charge in [-0.25, -0.2) is 0 Å². The fraction of sp³-hybridized carbons (Fsp3) is 0.500. The summed E-state index contributed by atoms with van der Waals surface area (Å²) in [6.07, 6.45) is -2.69. The van der Waals surface area contributed by atoms with E-state index in [1.54, 1.807) is 6.07 Å². The van der Waals surface area contributed by atoms with Crippen LogP contribution < -0.4 is 5.32 Å². The van der Waals surface area contributed by atoms with Crippen LogP contribution in [0, 0.1) is 6.92 Å². The van der Waals surface area contributed by atoms with Crippen molar-refractivity contribution in [3.63, 3.8) is 0 Å². The second-order valence-electron chi connectivity index (χ2n) is 7.16. The highest BCUT2D eigenvalue weighted by molar-refractivity contribution is 5.45. The van der Waals surface area contributed by atoms with Gasteiger partial charge in [0.25, 0.3) is 5.82 Å². The molecular weight excluding hydrogens is 347 g/mol. The molecule has 0 aliphatic heterocycles. The largest absolute Gasteiger partial charge is 0.453 e. The molecular formula is C16H20F3N7. The third kappa shape index (κ3) is 3.35. The Balaban J connectivity index is 1.90. The van der Waals surface area contributed by atoms with Gasteiger partial charge in [-0.3, -0.25) is 4.68 Å². The Kier molecular flexibility index (Phi) is 4.16. The number of rotatable bonds is 3. The molecule has 1 N–H and O–H groups in total. The zero-order valence-corrected chi connectivity index (χ0v) is 15.1. The minimum absolute atomic E-state index is 0.0345. The monoisotopic (exact) mass is 367 g/mol. The zero-order chi connectivity index (χ0) is 19.3. The lowest BCUT2D eigenvalue weighted by atomic mass is 10.1. The average Bonchev–Trinajstić information content (AvgIpc) is 3.09. The van der Waals surface area contributed by atoms with Gasteiger partial charge in [0.1, 0.15) is 5.82 Å². The Hall–Kier alpha value is -2.65. The van der Waals surface area contributed by atoms with Gasteiger partial charge in [-0.05, 0) is 46.8 Å². The molecule has 140 valence electrons. The summed E-state index contributed by atoms with van der Waals surface area (Å²) in [5, 5.41) is 18.3. The van der Waals surface area contributed by atoms with Crippen LogP contribution in [-0.2, 0) is 11.7 Å². The van der Waals surface area contributed by atoms with Gasteiger partial charge in [0.2, 0.25) is 0 Å². The minimum Gasteiger partial charge on any atom is -0.362 e. The van der Waals surface area contributed by atoms with E-state index in [4.69, 9.17) is 0 Å². The van der Waals surface area contributed by atoms with Gasteiger partial charge in [0, 0.05) is 11.8 Å². The lowest BCUT2D eigenvalue weighted by molar-refractivity contribution is -0.146. The van der Waals surface area contributed by atoms with Crippen LogP contribution in [0.25, 0.3) is 5.65 Å². The van der Waals surface area contributed by atoms with Gasteiger partial charge < -0.3 is 5.32 Å². The summed E-state index contributed by atoms with van der Waals surface area (Å²) in [4.78, 5) is 0. The highest BCUT2D eigenvalue weighted by Crippen LogP contribution is 2.28. The Bertz CT molecular complexity index is 934. The van der Waals surface area contributed by atoms with Crippen LogP contribution >= 0.6 is 0 Å². The SMILES string of the molecule is Cc1nn(C(C)(C)C)cc1C(C)Nc1ccc2nnc(C(F)(F)F)n2n1. The molecule has 0 bridgehead atoms. The lowest BCUT2D eigenvalue weighted by Gasteiger charge is -2.19. The number of alkyl halides is 3. The third-order valence-electron chi connectivity index (χ3n) is 3.97. The van der Waals surface area contributed by atoms with Crippen LogP contribution in [0.3, 0.4) is 0 Å². The first kappa shape index (κ1) is 18.2. The molecule has 0 aliphatic rings. The topological polar surface area (TPSA) is 72.9 Å². The van der Waals surface area contributed by atoms with Crippen molar-refractivity contribution in [2.24, 2.45) is 0 Å². The van der Waals surface area contributed by atoms with Crippen LogP contribution in [0.2, 0.25) is 0 Å². The second kappa shape index (κ2) is 5.96. The fourth-order valence-corrected chi connectivity index (χ4v) is 2.58. The van der Waals surface area contributed by atoms with Crippen molar-refractivity contribution in [1.82, 2.24) is 29.6 Å². The number of nitrogens with one attached hydrogen (secondary N) is 1. The molecule has 0 saturated heterocycles. The Morgan fingerprint density at radius 1 is 1.08 bits per heavy atom. The number of anilines is 1. The van der Waals surface area contributed by atoms with Gasteiger partial charge in [0.15, 0.2) is 5.65 Å². The predicted molar refractivity (Wildman–Crippen MR) is 89.8 cm³/mol. The number of fused-ring (bicyclic) bond motifs is 1. The van der Waals surface area contributed by atoms with E-state index in [0.717, 1.165) is 11.3 Å². The fourth-order valence-electron chi connectivity index (χ4n) is 2.58. The number of nitrogens with zero attached hydrogens (tertiary/aromatic N) is 6. The van der Waals surface area contributed by atoms with Crippen LogP contribution in [0.15, 0.2) is 18.3 Å². The van der Waals surface area contributed by atoms with E-state index in [0.29, 0.717) is 10.3 Å². The molecule has 0 fully saturated rings. The first-order valence-corrected chi connectivity index (χ1v) is 8.09. The van der Waals surface area contributed by atoms with Gasteiger partial charge >= 0.3 is 6.18 Å². The molecule has 0 aromatic carbocycles. The van der Waals surface area contributed by atoms with E-state index in [1.165, 1.54) is 6.07 Å². The number of aromatic nitrogens is 6. The third-order valence-corrected chi connectivity index (χ3v) is 3.97. The quantitative estimate of drug-likeness (QED) is 0.766. The van der Waals surface area contributed by atoms with Crippen molar-refractivity contribution in [2.75, 3.05) is 5.32 Å². The van der Waals surface area contributed by atoms with E-state index in [9.17, 15) is 13.2 Å². The maximum atomic E-state index is 13.0. The molecule has 3 aromatic heterocycles. The first-order valence-electron chi connectivity index (χ1n) is 8.09. The minimum atomic E-state index is -4.62. The molecule has 3 rings (SSSR count). The van der Waals surface area contributed by atoms with Crippen molar-refractivity contribution < 1.29 is 13.2 Å². The van der Waals surface area contributed by atoms with Crippen LogP contribution in [-0.4, -0.2) is 29.6 Å². The van der Waals surface area contributed by atoms with E-state index >= 15 is 0 Å². The molecule has 3 aromatic rings. The summed E-state index contributed by atoms with van der Waals surface area (Å²) >= 11 is 0. The molecule has 10 heteroatoms. The Labute approximate surface area is 148 Å². The molecule has 0 radical (unpaired) electrons. The average molecular weight is 367 g/mol. The maximum absolute atomic E-state index is 13.0. The van der Waals surface area contributed by atoms with Crippen LogP contribution in [0.4, 0.5) is 19.0 Å². The van der Waals surface area contributed by atoms with E-state index in [-0.39, 0.29) is 17.2 Å². The summed E-state index contributed by atoms with van der Waals surface area (Å²) in [7, 11) is 0. The number of aryl methyl sites for hydroxylation is 1. The van der Waals surface area contributed by atoms with Gasteiger partial charge in [0.05, 0.1) is 17.3 Å². The highest BCUT2D eigenvalue weighted by atomic mass is 19.4. The number of halogens is 3. The molecule has 0 saturated carbocycles. The number of hydrogen-bond acceptors (Lipinski definition) is 5. The van der Waals surface area contributed by atoms with E-state index < -0.39 is 12.0 Å². The van der Waals surface area contributed by atoms with Crippen LogP contribution in [0.5, 0.6) is 0 Å². The Morgan fingerprint density at radius 2 is 1.77 bits per heavy atom. The molecule has 0 aliphatic carbocycles. The molecule has 0 amide bonds. The van der Waals surface area contributed by atoms with Crippen molar-refractivity contribution in [1.29, 1.82) is 0 Å². The normalized spacial score (nSPS) is 14.0. The van der Waals surface area contributed by atoms with E-state index in [1.807, 2.05) is 45.5 Å². The maximum Gasteiger partial charge on any atom is 0.453 e. The highest BCUT2D eigenvalue weighted by Gasteiger charge is 2.37. The van der Waals surface area contributed by atoms with Crippen molar-refractivity contribution in [3.8, 4) is 0 Å². The molecule has 1 atom stereocenters. The summed E-state index contributed by atoms with van der Waals surface area (Å²) in [6, 6.07) is 2.82. The molecule has 26 heavy (non-hydrogen) atoms. The molecule has 3 heterocycles. The summed E-state index contributed by atoms with van der Waals surface area (Å²) in [5.74, 6) is -0.862. The summed E-state index contributed by atoms with van der Waals surface area (Å²) in [6.45, 7) is 9.93. The van der Waals surface area contributed by atoms with Gasteiger partial charge in [-0.2, -0.15) is 22.8 Å². The summed E-state index contributed by atoms with van der Waals surface area (Å²) in [5.41, 5.74) is 1.67. The van der Waals surface area contributed by atoms with Gasteiger partial charge in [-0.15, -0.1) is 15.3 Å². The predicted octanol–water partition coefficient (Wildman–Crippen LogP) is 3.58. The molecule has 1 unspecified atom stereocenters. The van der Waals surface area contributed by atoms with E-state index in [2.05, 4.69) is 25.7 Å². The van der Waals surface area contributed by atoms with Crippen molar-refractivity contribution in [2.45, 2.75) is 52.4 Å². The van der Waals surface area contributed by atoms with Crippen molar-refractivity contribution >= 4 is 11.5 Å². The van der Waals surface area contributed by atoms with Crippen molar-refractivity contribution in [3.05, 3.63) is 35.4 Å². The molecule has 7 nitrogen and oxygen atoms in total. The Morgan fingerprint density at radius 3 is 2.35 bits per heavy atom. The smallest absolute Gasteiger partial charge is 0.362 e. The first-order chi connectivity index (χ1) is 12.0. The number of hydrogen-bond donors (Lipinski definition) is 1.